The number of halogens is 1. The van der Waals surface area contributed by atoms with E-state index in [0.29, 0.717) is 22.7 Å². The van der Waals surface area contributed by atoms with Crippen LogP contribution in [0.1, 0.15) is 22.8 Å². The zero-order chi connectivity index (χ0) is 15.1. The summed E-state index contributed by atoms with van der Waals surface area (Å²) in [7, 11) is 0. The molecule has 0 saturated heterocycles. The van der Waals surface area contributed by atoms with Crippen LogP contribution in [0.4, 0.5) is 0 Å². The highest BCUT2D eigenvalue weighted by Gasteiger charge is 2.16. The summed E-state index contributed by atoms with van der Waals surface area (Å²) in [6, 6.07) is 4.78. The van der Waals surface area contributed by atoms with Crippen molar-refractivity contribution < 1.29 is 9.59 Å². The molecule has 0 aliphatic rings. The third-order valence-electron chi connectivity index (χ3n) is 2.56. The molecule has 0 aromatic heterocycles. The maximum Gasteiger partial charge on any atom is 0.254 e. The summed E-state index contributed by atoms with van der Waals surface area (Å²) >= 11 is 6.06. The zero-order valence-corrected chi connectivity index (χ0v) is 11.9. The molecule has 20 heavy (non-hydrogen) atoms. The summed E-state index contributed by atoms with van der Waals surface area (Å²) in [6.07, 6.45) is 0. The molecule has 0 atom stereocenters. The fourth-order valence-corrected chi connectivity index (χ4v) is 1.82. The molecule has 0 saturated carbocycles. The third-order valence-corrected chi connectivity index (χ3v) is 2.87. The van der Waals surface area contributed by atoms with Gasteiger partial charge in [0, 0.05) is 17.7 Å². The first-order valence-electron chi connectivity index (χ1n) is 6.05. The number of likely N-dealkylation sites (N-methyl/N-ethyl adjacent to an activating group) is 1. The van der Waals surface area contributed by atoms with Crippen molar-refractivity contribution in [2.45, 2.75) is 6.92 Å². The Kier molecular flexibility index (Phi) is 6.04. The molecule has 0 heterocycles. The number of carbonyl (C=O) groups excluding carboxylic acids is 2. The molecule has 0 fully saturated rings. The van der Waals surface area contributed by atoms with Crippen LogP contribution in [0.25, 0.3) is 0 Å². The molecule has 0 radical (unpaired) electrons. The Labute approximate surface area is 122 Å². The zero-order valence-electron chi connectivity index (χ0n) is 11.1. The molecule has 1 aromatic carbocycles. The standard InChI is InChI=1S/C14H16ClN3O2/c1-2-18(9-13(17)19)14(20)11-6-5-10(4-3-7-16)12(15)8-11/h5-6,8H,2,7,9,16H2,1H3,(H2,17,19). The van der Waals surface area contributed by atoms with Crippen molar-refractivity contribution in [3.05, 3.63) is 34.3 Å². The Morgan fingerprint density at radius 1 is 1.40 bits per heavy atom. The van der Waals surface area contributed by atoms with Gasteiger partial charge in [0.2, 0.25) is 5.91 Å². The number of rotatable bonds is 4. The molecule has 0 aliphatic carbocycles. The Bertz CT molecular complexity index is 576. The van der Waals surface area contributed by atoms with E-state index in [1.54, 1.807) is 19.1 Å². The first-order chi connectivity index (χ1) is 9.49. The number of hydrogen-bond donors (Lipinski definition) is 2. The SMILES string of the molecule is CCN(CC(N)=O)C(=O)c1ccc(C#CCN)c(Cl)c1. The Hall–Kier alpha value is -2.03. The molecule has 6 heteroatoms. The fraction of sp³-hybridized carbons (Fsp3) is 0.286. The average Bonchev–Trinajstić information content (AvgIpc) is 2.42. The lowest BCUT2D eigenvalue weighted by atomic mass is 10.1. The van der Waals surface area contributed by atoms with Gasteiger partial charge in [0.15, 0.2) is 0 Å². The van der Waals surface area contributed by atoms with Crippen LogP contribution in [0, 0.1) is 11.8 Å². The highest BCUT2D eigenvalue weighted by Crippen LogP contribution is 2.18. The van der Waals surface area contributed by atoms with E-state index in [1.807, 2.05) is 0 Å². The third kappa shape index (κ3) is 4.26. The summed E-state index contributed by atoms with van der Waals surface area (Å²) in [5, 5.41) is 0.368. The van der Waals surface area contributed by atoms with Crippen molar-refractivity contribution in [1.29, 1.82) is 0 Å². The lowest BCUT2D eigenvalue weighted by molar-refractivity contribution is -0.118. The lowest BCUT2D eigenvalue weighted by Gasteiger charge is -2.19. The molecular weight excluding hydrogens is 278 g/mol. The topological polar surface area (TPSA) is 89.4 Å². The lowest BCUT2D eigenvalue weighted by Crippen LogP contribution is -2.38. The van der Waals surface area contributed by atoms with Crippen molar-refractivity contribution >= 4 is 23.4 Å². The number of nitrogens with two attached hydrogens (primary N) is 2. The van der Waals surface area contributed by atoms with Gasteiger partial charge in [-0.2, -0.15) is 0 Å². The molecule has 0 spiro atoms. The summed E-state index contributed by atoms with van der Waals surface area (Å²) < 4.78 is 0. The van der Waals surface area contributed by atoms with E-state index in [1.165, 1.54) is 11.0 Å². The number of nitrogens with zero attached hydrogens (tertiary/aromatic N) is 1. The van der Waals surface area contributed by atoms with E-state index < -0.39 is 5.91 Å². The molecule has 5 nitrogen and oxygen atoms in total. The van der Waals surface area contributed by atoms with Gasteiger partial charge in [-0.1, -0.05) is 23.4 Å². The minimum absolute atomic E-state index is 0.123. The first-order valence-corrected chi connectivity index (χ1v) is 6.43. The van der Waals surface area contributed by atoms with Crippen LogP contribution in [-0.2, 0) is 4.79 Å². The predicted molar refractivity (Wildman–Crippen MR) is 78.2 cm³/mol. The summed E-state index contributed by atoms with van der Waals surface area (Å²) in [6.45, 7) is 2.26. The van der Waals surface area contributed by atoms with E-state index in [-0.39, 0.29) is 19.0 Å². The van der Waals surface area contributed by atoms with Crippen molar-refractivity contribution in [1.82, 2.24) is 4.90 Å². The van der Waals surface area contributed by atoms with Gasteiger partial charge in [-0.15, -0.1) is 0 Å². The van der Waals surface area contributed by atoms with Gasteiger partial charge < -0.3 is 16.4 Å². The van der Waals surface area contributed by atoms with E-state index in [2.05, 4.69) is 11.8 Å². The second-order valence-electron chi connectivity index (χ2n) is 3.99. The quantitative estimate of drug-likeness (QED) is 0.797. The van der Waals surface area contributed by atoms with Gasteiger partial charge in [-0.05, 0) is 25.1 Å². The molecule has 0 aliphatic heterocycles. The maximum atomic E-state index is 12.2. The Morgan fingerprint density at radius 3 is 2.60 bits per heavy atom. The monoisotopic (exact) mass is 293 g/mol. The first kappa shape index (κ1) is 16.0. The van der Waals surface area contributed by atoms with Gasteiger partial charge in [0.1, 0.15) is 0 Å². The van der Waals surface area contributed by atoms with Gasteiger partial charge in [-0.3, -0.25) is 9.59 Å². The van der Waals surface area contributed by atoms with E-state index in [0.717, 1.165) is 0 Å². The normalized spacial score (nSPS) is 9.55. The molecule has 0 bridgehead atoms. The van der Waals surface area contributed by atoms with E-state index in [9.17, 15) is 9.59 Å². The molecule has 2 amide bonds. The van der Waals surface area contributed by atoms with Gasteiger partial charge in [-0.25, -0.2) is 0 Å². The molecule has 0 unspecified atom stereocenters. The number of carbonyl (C=O) groups is 2. The van der Waals surface area contributed by atoms with Crippen LogP contribution in [0.2, 0.25) is 5.02 Å². The van der Waals surface area contributed by atoms with E-state index in [4.69, 9.17) is 23.1 Å². The van der Waals surface area contributed by atoms with Crippen LogP contribution in [0.15, 0.2) is 18.2 Å². The fourth-order valence-electron chi connectivity index (χ4n) is 1.59. The van der Waals surface area contributed by atoms with Crippen molar-refractivity contribution in [2.75, 3.05) is 19.6 Å². The van der Waals surface area contributed by atoms with Gasteiger partial charge in [0.05, 0.1) is 18.1 Å². The highest BCUT2D eigenvalue weighted by atomic mass is 35.5. The summed E-state index contributed by atoms with van der Waals surface area (Å²) in [5.74, 6) is 4.64. The molecule has 1 aromatic rings. The van der Waals surface area contributed by atoms with Crippen molar-refractivity contribution in [3.8, 4) is 11.8 Å². The van der Waals surface area contributed by atoms with Crippen molar-refractivity contribution in [3.63, 3.8) is 0 Å². The second-order valence-corrected chi connectivity index (χ2v) is 4.39. The molecular formula is C14H16ClN3O2. The summed E-state index contributed by atoms with van der Waals surface area (Å²) in [4.78, 5) is 24.5. The molecule has 4 N–H and O–H groups in total. The molecule has 1 rings (SSSR count). The van der Waals surface area contributed by atoms with Crippen LogP contribution in [-0.4, -0.2) is 36.3 Å². The highest BCUT2D eigenvalue weighted by molar-refractivity contribution is 6.32. The number of amides is 2. The van der Waals surface area contributed by atoms with E-state index >= 15 is 0 Å². The largest absolute Gasteiger partial charge is 0.368 e. The second kappa shape index (κ2) is 7.53. The smallest absolute Gasteiger partial charge is 0.254 e. The molecule has 106 valence electrons. The predicted octanol–water partition coefficient (Wildman–Crippen LogP) is 0.598. The number of benzene rings is 1. The number of primary amides is 1. The van der Waals surface area contributed by atoms with Crippen LogP contribution in [0.3, 0.4) is 0 Å². The minimum atomic E-state index is -0.559. The maximum absolute atomic E-state index is 12.2. The average molecular weight is 294 g/mol. The Balaban J connectivity index is 2.99. The Morgan fingerprint density at radius 2 is 2.10 bits per heavy atom. The van der Waals surface area contributed by atoms with Crippen LogP contribution < -0.4 is 11.5 Å². The number of hydrogen-bond acceptors (Lipinski definition) is 3. The van der Waals surface area contributed by atoms with Crippen molar-refractivity contribution in [2.24, 2.45) is 11.5 Å². The van der Waals surface area contributed by atoms with Gasteiger partial charge in [0.25, 0.3) is 5.91 Å². The minimum Gasteiger partial charge on any atom is -0.368 e. The summed E-state index contributed by atoms with van der Waals surface area (Å²) in [5.41, 5.74) is 11.4. The van der Waals surface area contributed by atoms with Gasteiger partial charge >= 0.3 is 0 Å². The van der Waals surface area contributed by atoms with Crippen LogP contribution >= 0.6 is 11.6 Å². The van der Waals surface area contributed by atoms with Crippen LogP contribution in [0.5, 0.6) is 0 Å².